The molecule has 1 heterocycles. The van der Waals surface area contributed by atoms with Crippen molar-refractivity contribution in [3.05, 3.63) is 17.6 Å². The zero-order chi connectivity index (χ0) is 11.9. The molecule has 0 spiro atoms. The fraction of sp³-hybridized carbons (Fsp3) is 0.600. The molecule has 0 fully saturated rings. The van der Waals surface area contributed by atoms with Crippen LogP contribution in [-0.4, -0.2) is 24.6 Å². The summed E-state index contributed by atoms with van der Waals surface area (Å²) < 4.78 is 23.1. The van der Waals surface area contributed by atoms with Gasteiger partial charge in [-0.3, -0.25) is 0 Å². The first-order valence-electron chi connectivity index (χ1n) is 4.66. The quantitative estimate of drug-likeness (QED) is 0.683. The lowest BCUT2D eigenvalue weighted by Gasteiger charge is -2.22. The number of nitrogens with zero attached hydrogens (tertiary/aromatic N) is 2. The van der Waals surface area contributed by atoms with Gasteiger partial charge in [0.15, 0.2) is 14.9 Å². The van der Waals surface area contributed by atoms with E-state index in [-0.39, 0.29) is 10.4 Å². The normalized spacial score (nSPS) is 12.9. The lowest BCUT2D eigenvalue weighted by atomic mass is 9.87. The SMILES string of the molecule is Cc1ncnc(S(C)(=O)=O)c1C(C)(C)C. The van der Waals surface area contributed by atoms with Gasteiger partial charge < -0.3 is 0 Å². The Morgan fingerprint density at radius 1 is 1.20 bits per heavy atom. The fourth-order valence-corrected chi connectivity index (χ4v) is 2.66. The van der Waals surface area contributed by atoms with Crippen molar-refractivity contribution in [1.82, 2.24) is 9.97 Å². The Kier molecular flexibility index (Phi) is 2.87. The molecule has 0 aliphatic carbocycles. The number of rotatable bonds is 1. The number of hydrogen-bond acceptors (Lipinski definition) is 4. The number of aromatic nitrogens is 2. The monoisotopic (exact) mass is 228 g/mol. The summed E-state index contributed by atoms with van der Waals surface area (Å²) in [5.74, 6) is 0. The molecular formula is C10H16N2O2S. The minimum atomic E-state index is -3.29. The van der Waals surface area contributed by atoms with Gasteiger partial charge >= 0.3 is 0 Å². The second-order valence-electron chi connectivity index (χ2n) is 4.66. The van der Waals surface area contributed by atoms with Crippen LogP contribution in [-0.2, 0) is 15.3 Å². The van der Waals surface area contributed by atoms with Crippen LogP contribution < -0.4 is 0 Å². The Balaban J connectivity index is 3.63. The molecule has 0 saturated carbocycles. The largest absolute Gasteiger partial charge is 0.241 e. The zero-order valence-electron chi connectivity index (χ0n) is 9.70. The highest BCUT2D eigenvalue weighted by atomic mass is 32.2. The van der Waals surface area contributed by atoms with Gasteiger partial charge in [0.05, 0.1) is 0 Å². The molecule has 15 heavy (non-hydrogen) atoms. The van der Waals surface area contributed by atoms with Crippen molar-refractivity contribution in [3.63, 3.8) is 0 Å². The van der Waals surface area contributed by atoms with E-state index >= 15 is 0 Å². The average Bonchev–Trinajstić information content (AvgIpc) is 1.99. The summed E-state index contributed by atoms with van der Waals surface area (Å²) in [6.45, 7) is 7.66. The Bertz CT molecular complexity index is 473. The van der Waals surface area contributed by atoms with E-state index in [0.29, 0.717) is 5.56 Å². The number of sulfone groups is 1. The third-order valence-electron chi connectivity index (χ3n) is 2.10. The van der Waals surface area contributed by atoms with Gasteiger partial charge in [-0.25, -0.2) is 18.4 Å². The third kappa shape index (κ3) is 2.53. The van der Waals surface area contributed by atoms with Crippen LogP contribution >= 0.6 is 0 Å². The van der Waals surface area contributed by atoms with Crippen LogP contribution in [0.15, 0.2) is 11.4 Å². The molecular weight excluding hydrogens is 212 g/mol. The summed E-state index contributed by atoms with van der Waals surface area (Å²) in [7, 11) is -3.29. The molecule has 4 nitrogen and oxygen atoms in total. The van der Waals surface area contributed by atoms with Crippen LogP contribution in [0.4, 0.5) is 0 Å². The first-order chi connectivity index (χ1) is 6.64. The molecule has 0 N–H and O–H groups in total. The molecule has 0 saturated heterocycles. The van der Waals surface area contributed by atoms with E-state index in [4.69, 9.17) is 0 Å². The molecule has 1 rings (SSSR count). The zero-order valence-corrected chi connectivity index (χ0v) is 10.5. The molecule has 1 aromatic rings. The Morgan fingerprint density at radius 2 is 1.73 bits per heavy atom. The first-order valence-corrected chi connectivity index (χ1v) is 6.55. The van der Waals surface area contributed by atoms with Crippen LogP contribution in [0.5, 0.6) is 0 Å². The maximum absolute atomic E-state index is 11.6. The van der Waals surface area contributed by atoms with Crippen LogP contribution in [0.25, 0.3) is 0 Å². The lowest BCUT2D eigenvalue weighted by molar-refractivity contribution is 0.545. The highest BCUT2D eigenvalue weighted by Gasteiger charge is 2.26. The van der Waals surface area contributed by atoms with Crippen molar-refractivity contribution < 1.29 is 8.42 Å². The summed E-state index contributed by atoms with van der Waals surface area (Å²) in [4.78, 5) is 7.92. The number of hydrogen-bond donors (Lipinski definition) is 0. The van der Waals surface area contributed by atoms with Gasteiger partial charge in [-0.15, -0.1) is 0 Å². The van der Waals surface area contributed by atoms with Gasteiger partial charge in [0.25, 0.3) is 0 Å². The molecule has 0 aromatic carbocycles. The summed E-state index contributed by atoms with van der Waals surface area (Å²) in [5.41, 5.74) is 1.15. The van der Waals surface area contributed by atoms with Crippen molar-refractivity contribution in [3.8, 4) is 0 Å². The van der Waals surface area contributed by atoms with Crippen LogP contribution in [0, 0.1) is 6.92 Å². The second-order valence-corrected chi connectivity index (χ2v) is 6.59. The van der Waals surface area contributed by atoms with E-state index in [1.54, 1.807) is 6.92 Å². The van der Waals surface area contributed by atoms with E-state index in [0.717, 1.165) is 5.69 Å². The molecule has 0 aliphatic rings. The van der Waals surface area contributed by atoms with E-state index in [9.17, 15) is 8.42 Å². The fourth-order valence-electron chi connectivity index (χ4n) is 1.60. The molecule has 0 unspecified atom stereocenters. The molecule has 1 aromatic heterocycles. The predicted molar refractivity (Wildman–Crippen MR) is 58.6 cm³/mol. The van der Waals surface area contributed by atoms with Gasteiger partial charge in [0.1, 0.15) is 6.33 Å². The molecule has 5 heteroatoms. The van der Waals surface area contributed by atoms with Gasteiger partial charge in [-0.2, -0.15) is 0 Å². The first kappa shape index (κ1) is 12.1. The molecule has 0 atom stereocenters. The average molecular weight is 228 g/mol. The standard InChI is InChI=1S/C10H16N2O2S/c1-7-8(10(2,3)4)9(12-6-11-7)15(5,13)14/h6H,1-5H3. The third-order valence-corrected chi connectivity index (χ3v) is 3.12. The number of aryl methyl sites for hydroxylation is 1. The predicted octanol–water partition coefficient (Wildman–Crippen LogP) is 1.49. The van der Waals surface area contributed by atoms with E-state index in [2.05, 4.69) is 9.97 Å². The lowest BCUT2D eigenvalue weighted by Crippen LogP contribution is -2.20. The Morgan fingerprint density at radius 3 is 2.07 bits per heavy atom. The second kappa shape index (κ2) is 3.56. The van der Waals surface area contributed by atoms with Crippen molar-refractivity contribution in [2.24, 2.45) is 0 Å². The maximum Gasteiger partial charge on any atom is 0.193 e. The molecule has 0 aliphatic heterocycles. The van der Waals surface area contributed by atoms with Gasteiger partial charge in [0.2, 0.25) is 0 Å². The topological polar surface area (TPSA) is 59.9 Å². The van der Waals surface area contributed by atoms with Crippen LogP contribution in [0.1, 0.15) is 32.0 Å². The minimum Gasteiger partial charge on any atom is -0.241 e. The van der Waals surface area contributed by atoms with Crippen molar-refractivity contribution in [1.29, 1.82) is 0 Å². The summed E-state index contributed by atoms with van der Waals surface area (Å²) >= 11 is 0. The summed E-state index contributed by atoms with van der Waals surface area (Å²) in [6, 6.07) is 0. The van der Waals surface area contributed by atoms with Crippen molar-refractivity contribution in [2.75, 3.05) is 6.26 Å². The van der Waals surface area contributed by atoms with Crippen LogP contribution in [0.2, 0.25) is 0 Å². The molecule has 0 bridgehead atoms. The van der Waals surface area contributed by atoms with Crippen LogP contribution in [0.3, 0.4) is 0 Å². The maximum atomic E-state index is 11.6. The van der Waals surface area contributed by atoms with Gasteiger partial charge in [-0.1, -0.05) is 20.8 Å². The minimum absolute atomic E-state index is 0.141. The van der Waals surface area contributed by atoms with E-state index in [1.807, 2.05) is 20.8 Å². The smallest absolute Gasteiger partial charge is 0.193 e. The van der Waals surface area contributed by atoms with E-state index in [1.165, 1.54) is 12.6 Å². The molecule has 84 valence electrons. The molecule has 0 radical (unpaired) electrons. The highest BCUT2D eigenvalue weighted by molar-refractivity contribution is 7.90. The summed E-state index contributed by atoms with van der Waals surface area (Å²) in [6.07, 6.45) is 2.46. The van der Waals surface area contributed by atoms with Gasteiger partial charge in [-0.05, 0) is 12.3 Å². The summed E-state index contributed by atoms with van der Waals surface area (Å²) in [5, 5.41) is 0.141. The van der Waals surface area contributed by atoms with Gasteiger partial charge in [0, 0.05) is 17.5 Å². The van der Waals surface area contributed by atoms with E-state index < -0.39 is 9.84 Å². The van der Waals surface area contributed by atoms with Crippen molar-refractivity contribution >= 4 is 9.84 Å². The Hall–Kier alpha value is -0.970. The molecule has 0 amide bonds. The van der Waals surface area contributed by atoms with Crippen molar-refractivity contribution in [2.45, 2.75) is 38.1 Å². The highest BCUT2D eigenvalue weighted by Crippen LogP contribution is 2.29. The Labute approximate surface area is 90.7 Å².